The first-order valence-corrected chi connectivity index (χ1v) is 9.64. The van der Waals surface area contributed by atoms with Crippen LogP contribution in [-0.4, -0.2) is 37.0 Å². The number of hydrogen-bond donors (Lipinski definition) is 1. The SMILES string of the molecule is CCc1ccc(C(=O)N2CCN(c3ccc(NC=C(C#N)C#N)cc3)CC2)cc1. The minimum atomic E-state index is 0.0270. The van der Waals surface area contributed by atoms with Crippen LogP contribution in [-0.2, 0) is 6.42 Å². The molecule has 0 radical (unpaired) electrons. The largest absolute Gasteiger partial charge is 0.368 e. The highest BCUT2D eigenvalue weighted by molar-refractivity contribution is 5.94. The molecule has 29 heavy (non-hydrogen) atoms. The summed E-state index contributed by atoms with van der Waals surface area (Å²) in [6.07, 6.45) is 2.36. The number of piperazine rings is 1. The van der Waals surface area contributed by atoms with Crippen molar-refractivity contribution in [2.45, 2.75) is 13.3 Å². The highest BCUT2D eigenvalue weighted by Crippen LogP contribution is 2.20. The Morgan fingerprint density at radius 3 is 2.17 bits per heavy atom. The summed E-state index contributed by atoms with van der Waals surface area (Å²) in [5.74, 6) is 0.0874. The van der Waals surface area contributed by atoms with Crippen LogP contribution in [0.4, 0.5) is 11.4 Å². The zero-order valence-electron chi connectivity index (χ0n) is 16.4. The lowest BCUT2D eigenvalue weighted by Crippen LogP contribution is -2.48. The van der Waals surface area contributed by atoms with E-state index in [2.05, 4.69) is 17.1 Å². The van der Waals surface area contributed by atoms with Gasteiger partial charge in [0, 0.05) is 49.3 Å². The number of aryl methyl sites for hydroxylation is 1. The normalized spacial score (nSPS) is 13.2. The van der Waals surface area contributed by atoms with Crippen LogP contribution in [0.15, 0.2) is 60.3 Å². The molecule has 1 fully saturated rings. The van der Waals surface area contributed by atoms with Crippen LogP contribution in [0, 0.1) is 22.7 Å². The maximum atomic E-state index is 12.7. The van der Waals surface area contributed by atoms with Crippen molar-refractivity contribution in [3.8, 4) is 12.1 Å². The fourth-order valence-corrected chi connectivity index (χ4v) is 3.25. The van der Waals surface area contributed by atoms with Gasteiger partial charge in [0.2, 0.25) is 0 Å². The van der Waals surface area contributed by atoms with Gasteiger partial charge >= 0.3 is 0 Å². The van der Waals surface area contributed by atoms with E-state index in [1.54, 1.807) is 0 Å². The molecule has 2 aromatic carbocycles. The smallest absolute Gasteiger partial charge is 0.253 e. The van der Waals surface area contributed by atoms with Crippen molar-refractivity contribution >= 4 is 17.3 Å². The van der Waals surface area contributed by atoms with E-state index >= 15 is 0 Å². The first kappa shape index (κ1) is 20.0. The van der Waals surface area contributed by atoms with Gasteiger partial charge in [-0.1, -0.05) is 19.1 Å². The number of amides is 1. The summed E-state index contributed by atoms with van der Waals surface area (Å²) in [6, 6.07) is 19.3. The number of benzene rings is 2. The summed E-state index contributed by atoms with van der Waals surface area (Å²) in [4.78, 5) is 16.9. The summed E-state index contributed by atoms with van der Waals surface area (Å²) in [7, 11) is 0. The molecular weight excluding hydrogens is 362 g/mol. The summed E-state index contributed by atoms with van der Waals surface area (Å²) >= 11 is 0. The molecule has 0 spiro atoms. The quantitative estimate of drug-likeness (QED) is 0.796. The van der Waals surface area contributed by atoms with Gasteiger partial charge in [-0.15, -0.1) is 0 Å². The molecule has 1 aliphatic rings. The first-order chi connectivity index (χ1) is 14.1. The number of anilines is 2. The molecule has 0 aromatic heterocycles. The van der Waals surface area contributed by atoms with Gasteiger partial charge in [-0.2, -0.15) is 10.5 Å². The van der Waals surface area contributed by atoms with Crippen molar-refractivity contribution in [1.82, 2.24) is 4.90 Å². The van der Waals surface area contributed by atoms with Crippen molar-refractivity contribution in [3.63, 3.8) is 0 Å². The number of carbonyl (C=O) groups excluding carboxylic acids is 1. The van der Waals surface area contributed by atoms with Gasteiger partial charge in [-0.05, 0) is 48.4 Å². The van der Waals surface area contributed by atoms with Crippen molar-refractivity contribution in [3.05, 3.63) is 71.4 Å². The Morgan fingerprint density at radius 1 is 1.00 bits per heavy atom. The van der Waals surface area contributed by atoms with Gasteiger partial charge in [0.15, 0.2) is 0 Å². The Hall–Kier alpha value is -3.77. The van der Waals surface area contributed by atoms with Crippen molar-refractivity contribution in [2.75, 3.05) is 36.4 Å². The molecule has 0 aliphatic carbocycles. The van der Waals surface area contributed by atoms with Crippen LogP contribution in [0.5, 0.6) is 0 Å². The van der Waals surface area contributed by atoms with E-state index in [4.69, 9.17) is 10.5 Å². The second kappa shape index (κ2) is 9.43. The fraction of sp³-hybridized carbons (Fsp3) is 0.261. The van der Waals surface area contributed by atoms with Crippen LogP contribution in [0.3, 0.4) is 0 Å². The Kier molecular flexibility index (Phi) is 6.50. The number of nitrogens with one attached hydrogen (secondary N) is 1. The minimum absolute atomic E-state index is 0.0270. The van der Waals surface area contributed by atoms with E-state index in [1.807, 2.05) is 65.6 Å². The van der Waals surface area contributed by atoms with E-state index in [-0.39, 0.29) is 11.5 Å². The highest BCUT2D eigenvalue weighted by Gasteiger charge is 2.22. The summed E-state index contributed by atoms with van der Waals surface area (Å²) in [6.45, 7) is 5.03. The summed E-state index contributed by atoms with van der Waals surface area (Å²) in [5.41, 5.74) is 3.89. The third-order valence-corrected chi connectivity index (χ3v) is 5.03. The maximum Gasteiger partial charge on any atom is 0.253 e. The van der Waals surface area contributed by atoms with Crippen molar-refractivity contribution in [2.24, 2.45) is 0 Å². The molecule has 1 saturated heterocycles. The average molecular weight is 385 g/mol. The van der Waals surface area contributed by atoms with E-state index in [9.17, 15) is 4.79 Å². The molecule has 0 bridgehead atoms. The lowest BCUT2D eigenvalue weighted by atomic mass is 10.1. The number of carbonyl (C=O) groups is 1. The van der Waals surface area contributed by atoms with E-state index in [1.165, 1.54) is 11.8 Å². The molecule has 3 rings (SSSR count). The molecule has 0 unspecified atom stereocenters. The summed E-state index contributed by atoms with van der Waals surface area (Å²) in [5, 5.41) is 20.5. The zero-order valence-corrected chi connectivity index (χ0v) is 16.4. The van der Waals surface area contributed by atoms with E-state index < -0.39 is 0 Å². The van der Waals surface area contributed by atoms with Gasteiger partial charge in [0.25, 0.3) is 5.91 Å². The summed E-state index contributed by atoms with van der Waals surface area (Å²) < 4.78 is 0. The van der Waals surface area contributed by atoms with E-state index in [0.29, 0.717) is 13.1 Å². The molecule has 2 aromatic rings. The molecule has 1 heterocycles. The van der Waals surface area contributed by atoms with Crippen LogP contribution in [0.25, 0.3) is 0 Å². The molecule has 0 atom stereocenters. The highest BCUT2D eigenvalue weighted by atomic mass is 16.2. The average Bonchev–Trinajstić information content (AvgIpc) is 2.80. The van der Waals surface area contributed by atoms with Crippen molar-refractivity contribution < 1.29 is 4.79 Å². The van der Waals surface area contributed by atoms with Crippen LogP contribution < -0.4 is 10.2 Å². The monoisotopic (exact) mass is 385 g/mol. The second-order valence-electron chi connectivity index (χ2n) is 6.80. The Balaban J connectivity index is 1.56. The number of rotatable bonds is 5. The molecule has 6 heteroatoms. The lowest BCUT2D eigenvalue weighted by molar-refractivity contribution is 0.0747. The number of nitriles is 2. The van der Waals surface area contributed by atoms with Crippen LogP contribution in [0.1, 0.15) is 22.8 Å². The zero-order chi connectivity index (χ0) is 20.6. The lowest BCUT2D eigenvalue weighted by Gasteiger charge is -2.36. The van der Waals surface area contributed by atoms with Gasteiger partial charge in [-0.3, -0.25) is 4.79 Å². The molecule has 6 nitrogen and oxygen atoms in total. The van der Waals surface area contributed by atoms with Crippen LogP contribution in [0.2, 0.25) is 0 Å². The molecule has 1 amide bonds. The Bertz CT molecular complexity index is 940. The third kappa shape index (κ3) is 4.94. The molecule has 0 saturated carbocycles. The second-order valence-corrected chi connectivity index (χ2v) is 6.80. The van der Waals surface area contributed by atoms with Gasteiger partial charge in [0.05, 0.1) is 0 Å². The molecule has 1 N–H and O–H groups in total. The maximum absolute atomic E-state index is 12.7. The number of allylic oxidation sites excluding steroid dienone is 1. The third-order valence-electron chi connectivity index (χ3n) is 5.03. The Labute approximate surface area is 171 Å². The predicted molar refractivity (Wildman–Crippen MR) is 113 cm³/mol. The van der Waals surface area contributed by atoms with Gasteiger partial charge in [-0.25, -0.2) is 0 Å². The van der Waals surface area contributed by atoms with Crippen molar-refractivity contribution in [1.29, 1.82) is 10.5 Å². The fourth-order valence-electron chi connectivity index (χ4n) is 3.25. The molecular formula is C23H23N5O. The minimum Gasteiger partial charge on any atom is -0.368 e. The molecule has 1 aliphatic heterocycles. The number of nitrogens with zero attached hydrogens (tertiary/aromatic N) is 4. The number of hydrogen-bond acceptors (Lipinski definition) is 5. The van der Waals surface area contributed by atoms with Gasteiger partial charge < -0.3 is 15.1 Å². The molecule has 146 valence electrons. The Morgan fingerprint density at radius 2 is 1.62 bits per heavy atom. The van der Waals surface area contributed by atoms with E-state index in [0.717, 1.165) is 36.4 Å². The first-order valence-electron chi connectivity index (χ1n) is 9.64. The van der Waals surface area contributed by atoms with Crippen LogP contribution >= 0.6 is 0 Å². The van der Waals surface area contributed by atoms with Gasteiger partial charge in [0.1, 0.15) is 17.7 Å². The topological polar surface area (TPSA) is 83.2 Å². The predicted octanol–water partition coefficient (Wildman–Crippen LogP) is 3.55. The standard InChI is InChI=1S/C23H23N5O/c1-2-18-3-5-20(6-4-18)23(29)28-13-11-27(12-14-28)22-9-7-21(8-10-22)26-17-19(15-24)16-25/h3-10,17,26H,2,11-14H2,1H3.